The summed E-state index contributed by atoms with van der Waals surface area (Å²) in [5.41, 5.74) is 0.737. The summed E-state index contributed by atoms with van der Waals surface area (Å²) in [6.07, 6.45) is 1.45. The fraction of sp³-hybridized carbons (Fsp3) is 0.0769. The number of nitrogens with zero attached hydrogens (tertiary/aromatic N) is 3. The number of halogens is 1. The second-order valence-electron chi connectivity index (χ2n) is 3.93. The number of benzene rings is 1. The first-order valence-corrected chi connectivity index (χ1v) is 6.49. The lowest BCUT2D eigenvalue weighted by atomic mass is 10.2. The van der Waals surface area contributed by atoms with Gasteiger partial charge in [0.1, 0.15) is 5.75 Å². The zero-order valence-corrected chi connectivity index (χ0v) is 12.4. The van der Waals surface area contributed by atoms with Crippen LogP contribution in [-0.4, -0.2) is 17.0 Å². The summed E-state index contributed by atoms with van der Waals surface area (Å²) < 4.78 is 5.67. The van der Waals surface area contributed by atoms with Gasteiger partial charge < -0.3 is 10.1 Å². The molecule has 0 amide bonds. The van der Waals surface area contributed by atoms with E-state index in [9.17, 15) is 10.1 Å². The van der Waals surface area contributed by atoms with Crippen LogP contribution in [0.4, 0.5) is 17.2 Å². The number of nitriles is 1. The molecule has 2 aromatic rings. The highest BCUT2D eigenvalue weighted by molar-refractivity contribution is 9.10. The molecule has 1 heterocycles. The van der Waals surface area contributed by atoms with Gasteiger partial charge in [0.05, 0.1) is 29.4 Å². The van der Waals surface area contributed by atoms with E-state index >= 15 is 0 Å². The molecule has 2 rings (SSSR count). The van der Waals surface area contributed by atoms with Crippen LogP contribution in [0.25, 0.3) is 0 Å². The van der Waals surface area contributed by atoms with Crippen molar-refractivity contribution in [1.82, 2.24) is 4.98 Å². The number of hydrogen-bond acceptors (Lipinski definition) is 6. The zero-order chi connectivity index (χ0) is 15.4. The van der Waals surface area contributed by atoms with Gasteiger partial charge >= 0.3 is 5.69 Å². The van der Waals surface area contributed by atoms with E-state index in [1.54, 1.807) is 12.1 Å². The first-order chi connectivity index (χ1) is 10.0. The molecule has 1 N–H and O–H groups in total. The molecular formula is C13H9BrN4O3. The molecule has 0 radical (unpaired) electrons. The summed E-state index contributed by atoms with van der Waals surface area (Å²) in [4.78, 5) is 14.5. The zero-order valence-electron chi connectivity index (χ0n) is 10.8. The van der Waals surface area contributed by atoms with Crippen LogP contribution < -0.4 is 10.1 Å². The molecule has 0 bridgehead atoms. The Labute approximate surface area is 128 Å². The molecule has 1 aromatic heterocycles. The second-order valence-corrected chi connectivity index (χ2v) is 4.85. The van der Waals surface area contributed by atoms with E-state index in [0.717, 1.165) is 0 Å². The maximum absolute atomic E-state index is 11.0. The average Bonchev–Trinajstić information content (AvgIpc) is 2.49. The molecule has 0 atom stereocenters. The van der Waals surface area contributed by atoms with Crippen molar-refractivity contribution in [2.45, 2.75) is 0 Å². The van der Waals surface area contributed by atoms with E-state index in [1.807, 2.05) is 6.07 Å². The molecule has 0 unspecified atom stereocenters. The molecule has 0 saturated carbocycles. The SMILES string of the molecule is COc1cc(C#N)ccc1Nc1ncc(Br)cc1[N+](=O)[O-]. The molecule has 7 nitrogen and oxygen atoms in total. The Morgan fingerprint density at radius 2 is 2.24 bits per heavy atom. The van der Waals surface area contributed by atoms with Gasteiger partial charge in [-0.05, 0) is 28.1 Å². The highest BCUT2D eigenvalue weighted by Crippen LogP contribution is 2.32. The van der Waals surface area contributed by atoms with Crippen molar-refractivity contribution in [3.05, 3.63) is 50.6 Å². The number of hydrogen-bond donors (Lipinski definition) is 1. The Hall–Kier alpha value is -2.66. The minimum absolute atomic E-state index is 0.0891. The van der Waals surface area contributed by atoms with Gasteiger partial charge in [-0.3, -0.25) is 10.1 Å². The molecule has 8 heteroatoms. The van der Waals surface area contributed by atoms with Gasteiger partial charge in [0.25, 0.3) is 0 Å². The smallest absolute Gasteiger partial charge is 0.312 e. The fourth-order valence-electron chi connectivity index (χ4n) is 1.66. The second kappa shape index (κ2) is 6.19. The molecule has 106 valence electrons. The number of rotatable bonds is 4. The van der Waals surface area contributed by atoms with E-state index in [-0.39, 0.29) is 11.5 Å². The maximum Gasteiger partial charge on any atom is 0.312 e. The van der Waals surface area contributed by atoms with Gasteiger partial charge in [-0.25, -0.2) is 4.98 Å². The van der Waals surface area contributed by atoms with Crippen LogP contribution in [0.1, 0.15) is 5.56 Å². The summed E-state index contributed by atoms with van der Waals surface area (Å²) in [6, 6.07) is 8.06. The number of anilines is 2. The van der Waals surface area contributed by atoms with Crippen molar-refractivity contribution in [3.8, 4) is 11.8 Å². The van der Waals surface area contributed by atoms with E-state index in [0.29, 0.717) is 21.5 Å². The van der Waals surface area contributed by atoms with Crippen molar-refractivity contribution < 1.29 is 9.66 Å². The maximum atomic E-state index is 11.0. The predicted molar refractivity (Wildman–Crippen MR) is 79.6 cm³/mol. The van der Waals surface area contributed by atoms with Crippen molar-refractivity contribution in [3.63, 3.8) is 0 Å². The Balaban J connectivity index is 2.43. The lowest BCUT2D eigenvalue weighted by Crippen LogP contribution is -2.01. The first-order valence-electron chi connectivity index (χ1n) is 5.70. The highest BCUT2D eigenvalue weighted by atomic mass is 79.9. The number of ether oxygens (including phenoxy) is 1. The third-order valence-electron chi connectivity index (χ3n) is 2.61. The van der Waals surface area contributed by atoms with Crippen molar-refractivity contribution in [2.24, 2.45) is 0 Å². The molecule has 0 fully saturated rings. The summed E-state index contributed by atoms with van der Waals surface area (Å²) in [5.74, 6) is 0.485. The highest BCUT2D eigenvalue weighted by Gasteiger charge is 2.17. The van der Waals surface area contributed by atoms with Crippen LogP contribution in [0.2, 0.25) is 0 Å². The van der Waals surface area contributed by atoms with Crippen LogP contribution in [0.15, 0.2) is 34.9 Å². The van der Waals surface area contributed by atoms with Crippen LogP contribution in [0, 0.1) is 21.4 Å². The summed E-state index contributed by atoms with van der Waals surface area (Å²) in [7, 11) is 1.45. The molecular weight excluding hydrogens is 340 g/mol. The largest absolute Gasteiger partial charge is 0.495 e. The van der Waals surface area contributed by atoms with E-state index in [4.69, 9.17) is 10.00 Å². The molecule has 0 aliphatic rings. The van der Waals surface area contributed by atoms with Crippen molar-refractivity contribution in [1.29, 1.82) is 5.26 Å². The van der Waals surface area contributed by atoms with Crippen molar-refractivity contribution in [2.75, 3.05) is 12.4 Å². The minimum atomic E-state index is -0.532. The average molecular weight is 349 g/mol. The third kappa shape index (κ3) is 3.27. The molecule has 21 heavy (non-hydrogen) atoms. The normalized spacial score (nSPS) is 9.76. The molecule has 0 saturated heterocycles. The van der Waals surface area contributed by atoms with Crippen molar-refractivity contribution >= 4 is 33.1 Å². The quantitative estimate of drug-likeness (QED) is 0.671. The standard InChI is InChI=1S/C13H9BrN4O3/c1-21-12-4-8(6-15)2-3-10(12)17-13-11(18(19)20)5-9(14)7-16-13/h2-5,7H,1H3,(H,16,17). The molecule has 0 aliphatic carbocycles. The molecule has 0 aliphatic heterocycles. The number of aromatic nitrogens is 1. The van der Waals surface area contributed by atoms with E-state index in [2.05, 4.69) is 26.2 Å². The lowest BCUT2D eigenvalue weighted by Gasteiger charge is -2.11. The van der Waals surface area contributed by atoms with Gasteiger partial charge in [-0.15, -0.1) is 0 Å². The fourth-order valence-corrected chi connectivity index (χ4v) is 1.97. The van der Waals surface area contributed by atoms with Crippen LogP contribution in [-0.2, 0) is 0 Å². The van der Waals surface area contributed by atoms with E-state index < -0.39 is 4.92 Å². The monoisotopic (exact) mass is 348 g/mol. The Morgan fingerprint density at radius 1 is 1.48 bits per heavy atom. The third-order valence-corrected chi connectivity index (χ3v) is 3.05. The van der Waals surface area contributed by atoms with Crippen LogP contribution >= 0.6 is 15.9 Å². The Kier molecular flexibility index (Phi) is 4.35. The summed E-state index contributed by atoms with van der Waals surface area (Å²) >= 11 is 3.14. The Bertz CT molecular complexity index is 743. The topological polar surface area (TPSA) is 101 Å². The number of nitro groups is 1. The first kappa shape index (κ1) is 14.7. The van der Waals surface area contributed by atoms with Crippen LogP contribution in [0.3, 0.4) is 0 Å². The Morgan fingerprint density at radius 3 is 2.86 bits per heavy atom. The van der Waals surface area contributed by atoms with Gasteiger partial charge in [0.15, 0.2) is 0 Å². The predicted octanol–water partition coefficient (Wildman–Crippen LogP) is 3.38. The van der Waals surface area contributed by atoms with E-state index in [1.165, 1.54) is 25.4 Å². The lowest BCUT2D eigenvalue weighted by molar-refractivity contribution is -0.384. The number of methoxy groups -OCH3 is 1. The van der Waals surface area contributed by atoms with Crippen LogP contribution in [0.5, 0.6) is 5.75 Å². The number of nitrogens with one attached hydrogen (secondary N) is 1. The van der Waals surface area contributed by atoms with Gasteiger partial charge in [-0.1, -0.05) is 0 Å². The minimum Gasteiger partial charge on any atom is -0.495 e. The van der Waals surface area contributed by atoms with Gasteiger partial charge in [0, 0.05) is 22.8 Å². The van der Waals surface area contributed by atoms with Gasteiger partial charge in [0.2, 0.25) is 5.82 Å². The summed E-state index contributed by atoms with van der Waals surface area (Å²) in [5, 5.41) is 22.7. The van der Waals surface area contributed by atoms with Gasteiger partial charge in [-0.2, -0.15) is 5.26 Å². The molecule has 0 spiro atoms. The summed E-state index contributed by atoms with van der Waals surface area (Å²) in [6.45, 7) is 0. The molecule has 1 aromatic carbocycles. The number of pyridine rings is 1.